The molecule has 0 saturated heterocycles. The number of hydrogen-bond donors (Lipinski definition) is 1. The number of amides is 1. The molecule has 0 radical (unpaired) electrons. The Bertz CT molecular complexity index is 763. The van der Waals surface area contributed by atoms with Crippen LogP contribution >= 0.6 is 11.3 Å². The minimum absolute atomic E-state index is 0.0832. The van der Waals surface area contributed by atoms with Gasteiger partial charge in [0.2, 0.25) is 5.91 Å². The zero-order chi connectivity index (χ0) is 15.4. The lowest BCUT2D eigenvalue weighted by atomic mass is 10.2. The predicted molar refractivity (Wildman–Crippen MR) is 87.0 cm³/mol. The van der Waals surface area contributed by atoms with Gasteiger partial charge in [-0.1, -0.05) is 30.3 Å². The molecule has 0 aliphatic carbocycles. The van der Waals surface area contributed by atoms with E-state index < -0.39 is 0 Å². The third kappa shape index (κ3) is 3.59. The first-order valence-corrected chi connectivity index (χ1v) is 7.85. The highest BCUT2D eigenvalue weighted by Gasteiger charge is 2.10. The smallest absolute Gasteiger partial charge is 0.231 e. The van der Waals surface area contributed by atoms with Crippen LogP contribution in [0.2, 0.25) is 0 Å². The summed E-state index contributed by atoms with van der Waals surface area (Å²) in [6.07, 6.45) is 1.96. The van der Waals surface area contributed by atoms with E-state index in [4.69, 9.17) is 0 Å². The van der Waals surface area contributed by atoms with Crippen LogP contribution in [0.5, 0.6) is 0 Å². The van der Waals surface area contributed by atoms with E-state index >= 15 is 0 Å². The second-order valence-corrected chi connectivity index (χ2v) is 6.00. The van der Waals surface area contributed by atoms with Crippen molar-refractivity contribution in [2.24, 2.45) is 0 Å². The van der Waals surface area contributed by atoms with Crippen molar-refractivity contribution in [2.45, 2.75) is 19.9 Å². The summed E-state index contributed by atoms with van der Waals surface area (Å²) in [5.41, 5.74) is 1.94. The quantitative estimate of drug-likeness (QED) is 0.788. The number of benzene rings is 1. The number of rotatable bonds is 5. The number of nitrogens with zero attached hydrogens (tertiary/aromatic N) is 3. The average Bonchev–Trinajstić information content (AvgIpc) is 3.10. The van der Waals surface area contributed by atoms with Crippen LogP contribution < -0.4 is 5.32 Å². The van der Waals surface area contributed by atoms with E-state index in [9.17, 15) is 4.79 Å². The van der Waals surface area contributed by atoms with Gasteiger partial charge in [0, 0.05) is 11.4 Å². The van der Waals surface area contributed by atoms with Crippen molar-refractivity contribution in [2.75, 3.05) is 5.32 Å². The van der Waals surface area contributed by atoms with Gasteiger partial charge in [-0.15, -0.1) is 11.3 Å². The third-order valence-corrected chi connectivity index (χ3v) is 3.99. The Labute approximate surface area is 132 Å². The van der Waals surface area contributed by atoms with Crippen LogP contribution in [0.15, 0.2) is 48.0 Å². The monoisotopic (exact) mass is 312 g/mol. The van der Waals surface area contributed by atoms with Gasteiger partial charge in [-0.05, 0) is 12.5 Å². The zero-order valence-electron chi connectivity index (χ0n) is 12.2. The Morgan fingerprint density at radius 1 is 1.27 bits per heavy atom. The van der Waals surface area contributed by atoms with Crippen LogP contribution in [0.1, 0.15) is 16.3 Å². The summed E-state index contributed by atoms with van der Waals surface area (Å²) in [5.74, 6) is 0.612. The van der Waals surface area contributed by atoms with E-state index in [0.29, 0.717) is 12.4 Å². The van der Waals surface area contributed by atoms with Gasteiger partial charge < -0.3 is 5.32 Å². The molecular formula is C16H16N4OS. The Balaban J connectivity index is 1.66. The highest BCUT2D eigenvalue weighted by molar-refractivity contribution is 7.09. The fourth-order valence-electron chi connectivity index (χ4n) is 2.16. The Hall–Kier alpha value is -2.47. The molecule has 0 aliphatic rings. The predicted octanol–water partition coefficient (Wildman–Crippen LogP) is 2.88. The van der Waals surface area contributed by atoms with Crippen molar-refractivity contribution < 1.29 is 4.79 Å². The summed E-state index contributed by atoms with van der Waals surface area (Å²) in [6.45, 7) is 2.56. The maximum absolute atomic E-state index is 12.1. The van der Waals surface area contributed by atoms with E-state index in [1.807, 2.05) is 42.6 Å². The highest BCUT2D eigenvalue weighted by atomic mass is 32.1. The van der Waals surface area contributed by atoms with E-state index in [1.54, 1.807) is 28.3 Å². The van der Waals surface area contributed by atoms with Crippen molar-refractivity contribution in [3.63, 3.8) is 0 Å². The molecule has 0 aliphatic heterocycles. The van der Waals surface area contributed by atoms with E-state index in [0.717, 1.165) is 16.3 Å². The molecule has 6 heteroatoms. The number of carbonyl (C=O) groups excluding carboxylic acids is 1. The molecular weight excluding hydrogens is 296 g/mol. The first-order valence-electron chi connectivity index (χ1n) is 6.97. The second-order valence-electron chi connectivity index (χ2n) is 4.94. The zero-order valence-corrected chi connectivity index (χ0v) is 13.0. The molecule has 1 amide bonds. The van der Waals surface area contributed by atoms with E-state index in [2.05, 4.69) is 15.4 Å². The maximum Gasteiger partial charge on any atom is 0.231 e. The number of thiazole rings is 1. The average molecular weight is 312 g/mol. The van der Waals surface area contributed by atoms with Crippen molar-refractivity contribution >= 4 is 23.1 Å². The molecule has 22 heavy (non-hydrogen) atoms. The number of anilines is 1. The molecule has 0 atom stereocenters. The summed E-state index contributed by atoms with van der Waals surface area (Å²) >= 11 is 1.55. The largest absolute Gasteiger partial charge is 0.311 e. The molecule has 2 aromatic heterocycles. The molecule has 0 spiro atoms. The van der Waals surface area contributed by atoms with Gasteiger partial charge in [-0.25, -0.2) is 9.67 Å². The number of aryl methyl sites for hydroxylation is 1. The SMILES string of the molecule is Cc1nc(CC(=O)Nc2ccnn2Cc2ccccc2)cs1. The fraction of sp³-hybridized carbons (Fsp3) is 0.188. The molecule has 0 unspecified atom stereocenters. The molecule has 112 valence electrons. The van der Waals surface area contributed by atoms with E-state index in [1.165, 1.54) is 0 Å². The van der Waals surface area contributed by atoms with Crippen LogP contribution in [0.3, 0.4) is 0 Å². The molecule has 3 rings (SSSR count). The second kappa shape index (κ2) is 6.53. The van der Waals surface area contributed by atoms with Crippen LogP contribution in [0.25, 0.3) is 0 Å². The molecule has 1 aromatic carbocycles. The lowest BCUT2D eigenvalue weighted by Crippen LogP contribution is -2.18. The summed E-state index contributed by atoms with van der Waals surface area (Å²) in [5, 5.41) is 10.0. The lowest BCUT2D eigenvalue weighted by Gasteiger charge is -2.08. The topological polar surface area (TPSA) is 59.8 Å². The first kappa shape index (κ1) is 14.5. The van der Waals surface area contributed by atoms with Gasteiger partial charge >= 0.3 is 0 Å². The molecule has 0 fully saturated rings. The van der Waals surface area contributed by atoms with Gasteiger partial charge in [0.25, 0.3) is 0 Å². The molecule has 0 saturated carbocycles. The third-order valence-electron chi connectivity index (χ3n) is 3.17. The standard InChI is InChI=1S/C16H16N4OS/c1-12-18-14(11-22-12)9-16(21)19-15-7-8-17-20(15)10-13-5-3-2-4-6-13/h2-8,11H,9-10H2,1H3,(H,19,21). The molecule has 2 heterocycles. The number of nitrogens with one attached hydrogen (secondary N) is 1. The minimum Gasteiger partial charge on any atom is -0.311 e. The van der Waals surface area contributed by atoms with Crippen molar-refractivity contribution in [3.8, 4) is 0 Å². The number of hydrogen-bond acceptors (Lipinski definition) is 4. The van der Waals surface area contributed by atoms with Crippen molar-refractivity contribution in [1.82, 2.24) is 14.8 Å². The molecule has 5 nitrogen and oxygen atoms in total. The number of aromatic nitrogens is 3. The molecule has 3 aromatic rings. The number of carbonyl (C=O) groups is 1. The Morgan fingerprint density at radius 2 is 2.09 bits per heavy atom. The van der Waals surface area contributed by atoms with Crippen molar-refractivity contribution in [1.29, 1.82) is 0 Å². The van der Waals surface area contributed by atoms with Gasteiger partial charge in [0.15, 0.2) is 0 Å². The van der Waals surface area contributed by atoms with Crippen LogP contribution in [0.4, 0.5) is 5.82 Å². The summed E-state index contributed by atoms with van der Waals surface area (Å²) in [7, 11) is 0. The fourth-order valence-corrected chi connectivity index (χ4v) is 2.77. The van der Waals surface area contributed by atoms with Gasteiger partial charge in [0.1, 0.15) is 5.82 Å². The summed E-state index contributed by atoms with van der Waals surface area (Å²) in [4.78, 5) is 16.4. The van der Waals surface area contributed by atoms with Crippen LogP contribution in [-0.4, -0.2) is 20.7 Å². The van der Waals surface area contributed by atoms with E-state index in [-0.39, 0.29) is 12.3 Å². The maximum atomic E-state index is 12.1. The normalized spacial score (nSPS) is 10.6. The first-order chi connectivity index (χ1) is 10.7. The van der Waals surface area contributed by atoms with Crippen LogP contribution in [-0.2, 0) is 17.8 Å². The molecule has 0 bridgehead atoms. The van der Waals surface area contributed by atoms with Gasteiger partial charge in [0.05, 0.1) is 29.9 Å². The summed E-state index contributed by atoms with van der Waals surface area (Å²) < 4.78 is 1.78. The van der Waals surface area contributed by atoms with Gasteiger partial charge in [-0.3, -0.25) is 4.79 Å². The van der Waals surface area contributed by atoms with Crippen LogP contribution in [0, 0.1) is 6.92 Å². The van der Waals surface area contributed by atoms with Gasteiger partial charge in [-0.2, -0.15) is 5.10 Å². The summed E-state index contributed by atoms with van der Waals surface area (Å²) in [6, 6.07) is 11.8. The highest BCUT2D eigenvalue weighted by Crippen LogP contribution is 2.12. The van der Waals surface area contributed by atoms with Crippen molar-refractivity contribution in [3.05, 3.63) is 64.2 Å². The Kier molecular flexibility index (Phi) is 4.29. The Morgan fingerprint density at radius 3 is 2.82 bits per heavy atom. The molecule has 1 N–H and O–H groups in total. The lowest BCUT2D eigenvalue weighted by molar-refractivity contribution is -0.115. The minimum atomic E-state index is -0.0832.